The summed E-state index contributed by atoms with van der Waals surface area (Å²) in [6.45, 7) is 19.1. The van der Waals surface area contributed by atoms with E-state index in [2.05, 4.69) is 6.92 Å². The van der Waals surface area contributed by atoms with Gasteiger partial charge in [0, 0.05) is 0 Å². The summed E-state index contributed by atoms with van der Waals surface area (Å²) in [5.41, 5.74) is -1.73. The molecule has 0 aromatic heterocycles. The number of unbranched alkanes of at least 4 members (excludes halogenated alkanes) is 1. The Bertz CT molecular complexity index is 455. The van der Waals surface area contributed by atoms with Gasteiger partial charge in [0.2, 0.25) is 0 Å². The Morgan fingerprint density at radius 1 is 0.778 bits per heavy atom. The van der Waals surface area contributed by atoms with E-state index in [0.717, 1.165) is 12.8 Å². The highest BCUT2D eigenvalue weighted by Gasteiger charge is 2.61. The molecule has 0 saturated carbocycles. The van der Waals surface area contributed by atoms with Crippen molar-refractivity contribution >= 4 is 11.9 Å². The van der Waals surface area contributed by atoms with Crippen molar-refractivity contribution in [3.8, 4) is 0 Å². The molecule has 2 unspecified atom stereocenters. The van der Waals surface area contributed by atoms with Gasteiger partial charge in [0.15, 0.2) is 0 Å². The number of esters is 2. The van der Waals surface area contributed by atoms with Crippen molar-refractivity contribution in [3.05, 3.63) is 0 Å². The summed E-state index contributed by atoms with van der Waals surface area (Å²) < 4.78 is 11.5. The molecule has 0 aromatic rings. The molecule has 0 fully saturated rings. The van der Waals surface area contributed by atoms with Crippen LogP contribution in [0.3, 0.4) is 0 Å². The zero-order chi connectivity index (χ0) is 21.3. The van der Waals surface area contributed by atoms with E-state index >= 15 is 0 Å². The molecule has 160 valence electrons. The van der Waals surface area contributed by atoms with Crippen LogP contribution >= 0.6 is 0 Å². The number of carbonyl (C=O) groups excluding carboxylic acids is 2. The van der Waals surface area contributed by atoms with Crippen LogP contribution in [0.15, 0.2) is 0 Å². The fourth-order valence-electron chi connectivity index (χ4n) is 4.25. The number of rotatable bonds is 13. The topological polar surface area (TPSA) is 52.6 Å². The molecule has 4 heteroatoms. The van der Waals surface area contributed by atoms with Gasteiger partial charge in [0.25, 0.3) is 0 Å². The Labute approximate surface area is 167 Å². The first-order valence-corrected chi connectivity index (χ1v) is 10.9. The van der Waals surface area contributed by atoms with Crippen LogP contribution in [0, 0.1) is 28.6 Å². The highest BCUT2D eigenvalue weighted by molar-refractivity contribution is 5.89. The Balaban J connectivity index is 6.24. The molecule has 0 amide bonds. The first kappa shape index (κ1) is 25.9. The van der Waals surface area contributed by atoms with Gasteiger partial charge < -0.3 is 9.47 Å². The fourth-order valence-corrected chi connectivity index (χ4v) is 4.25. The second kappa shape index (κ2) is 11.7. The number of hydrogen-bond acceptors (Lipinski definition) is 4. The molecule has 0 radical (unpaired) electrons. The molecule has 2 atom stereocenters. The van der Waals surface area contributed by atoms with E-state index < -0.39 is 10.8 Å². The standard InChI is InChI=1S/C23H44O4/c1-10-13-14-22(11-2,20(24)26-15-17(4)5)23(12-3,19(8)9)21(25)27-16-18(6)7/h17-19H,10-16H2,1-9H3. The van der Waals surface area contributed by atoms with E-state index in [4.69, 9.17) is 9.47 Å². The molecule has 0 N–H and O–H groups in total. The van der Waals surface area contributed by atoms with Crippen molar-refractivity contribution in [2.24, 2.45) is 28.6 Å². The molecule has 0 aliphatic heterocycles. The van der Waals surface area contributed by atoms with Crippen molar-refractivity contribution in [1.29, 1.82) is 0 Å². The van der Waals surface area contributed by atoms with Crippen molar-refractivity contribution in [1.82, 2.24) is 0 Å². The summed E-state index contributed by atoms with van der Waals surface area (Å²) in [6, 6.07) is 0. The van der Waals surface area contributed by atoms with Crippen LogP contribution in [-0.2, 0) is 19.1 Å². The average Bonchev–Trinajstić information content (AvgIpc) is 2.60. The maximum Gasteiger partial charge on any atom is 0.313 e. The maximum atomic E-state index is 13.4. The summed E-state index contributed by atoms with van der Waals surface area (Å²) in [4.78, 5) is 26.9. The predicted molar refractivity (Wildman–Crippen MR) is 111 cm³/mol. The molecule has 27 heavy (non-hydrogen) atoms. The Kier molecular flexibility index (Phi) is 11.2. The number of carbonyl (C=O) groups is 2. The maximum absolute atomic E-state index is 13.4. The fraction of sp³-hybridized carbons (Fsp3) is 0.913. The number of hydrogen-bond donors (Lipinski definition) is 0. The molecular weight excluding hydrogens is 340 g/mol. The van der Waals surface area contributed by atoms with E-state index in [0.29, 0.717) is 32.5 Å². The van der Waals surface area contributed by atoms with Gasteiger partial charge in [-0.05, 0) is 37.0 Å². The van der Waals surface area contributed by atoms with Crippen LogP contribution in [0.25, 0.3) is 0 Å². The lowest BCUT2D eigenvalue weighted by Gasteiger charge is -2.49. The lowest BCUT2D eigenvalue weighted by molar-refractivity contribution is -0.191. The molecule has 0 bridgehead atoms. The second-order valence-electron chi connectivity index (χ2n) is 9.00. The molecular formula is C23H44O4. The Morgan fingerprint density at radius 2 is 1.26 bits per heavy atom. The average molecular weight is 385 g/mol. The molecule has 0 aliphatic rings. The van der Waals surface area contributed by atoms with Crippen LogP contribution < -0.4 is 0 Å². The highest BCUT2D eigenvalue weighted by atomic mass is 16.5. The minimum atomic E-state index is -0.875. The molecule has 0 spiro atoms. The lowest BCUT2D eigenvalue weighted by Crippen LogP contribution is -2.56. The van der Waals surface area contributed by atoms with Gasteiger partial charge in [0.1, 0.15) is 0 Å². The zero-order valence-corrected chi connectivity index (χ0v) is 19.3. The third-order valence-electron chi connectivity index (χ3n) is 5.81. The molecule has 0 saturated heterocycles. The minimum absolute atomic E-state index is 0.0226. The van der Waals surface area contributed by atoms with Crippen LogP contribution in [-0.4, -0.2) is 25.2 Å². The van der Waals surface area contributed by atoms with Gasteiger partial charge in [0.05, 0.1) is 24.0 Å². The van der Waals surface area contributed by atoms with E-state index in [1.165, 1.54) is 0 Å². The third kappa shape index (κ3) is 5.96. The smallest absolute Gasteiger partial charge is 0.313 e. The van der Waals surface area contributed by atoms with Crippen molar-refractivity contribution in [2.75, 3.05) is 13.2 Å². The van der Waals surface area contributed by atoms with Crippen LogP contribution in [0.4, 0.5) is 0 Å². The second-order valence-corrected chi connectivity index (χ2v) is 9.00. The largest absolute Gasteiger partial charge is 0.465 e. The van der Waals surface area contributed by atoms with Crippen LogP contribution in [0.5, 0.6) is 0 Å². The minimum Gasteiger partial charge on any atom is -0.465 e. The summed E-state index contributed by atoms with van der Waals surface area (Å²) in [5, 5.41) is 0. The van der Waals surface area contributed by atoms with E-state index in [1.807, 2.05) is 55.4 Å². The molecule has 0 aliphatic carbocycles. The number of ether oxygens (including phenoxy) is 2. The first-order valence-electron chi connectivity index (χ1n) is 10.9. The highest BCUT2D eigenvalue weighted by Crippen LogP contribution is 2.55. The molecule has 0 heterocycles. The quantitative estimate of drug-likeness (QED) is 0.364. The van der Waals surface area contributed by atoms with Crippen molar-refractivity contribution < 1.29 is 19.1 Å². The monoisotopic (exact) mass is 384 g/mol. The van der Waals surface area contributed by atoms with Crippen LogP contribution in [0.2, 0.25) is 0 Å². The summed E-state index contributed by atoms with van der Waals surface area (Å²) >= 11 is 0. The van der Waals surface area contributed by atoms with Gasteiger partial charge in [-0.2, -0.15) is 0 Å². The van der Waals surface area contributed by atoms with E-state index in [9.17, 15) is 9.59 Å². The summed E-state index contributed by atoms with van der Waals surface area (Å²) in [7, 11) is 0. The predicted octanol–water partition coefficient (Wildman–Crippen LogP) is 6.02. The van der Waals surface area contributed by atoms with Crippen molar-refractivity contribution in [2.45, 2.75) is 94.4 Å². The normalized spacial score (nSPS) is 16.3. The lowest BCUT2D eigenvalue weighted by atomic mass is 9.53. The van der Waals surface area contributed by atoms with Gasteiger partial charge in [-0.25, -0.2) is 0 Å². The molecule has 0 rings (SSSR count). The van der Waals surface area contributed by atoms with Gasteiger partial charge in [-0.3, -0.25) is 9.59 Å². The third-order valence-corrected chi connectivity index (χ3v) is 5.81. The Hall–Kier alpha value is -1.06. The van der Waals surface area contributed by atoms with Gasteiger partial charge >= 0.3 is 11.9 Å². The van der Waals surface area contributed by atoms with E-state index in [1.54, 1.807) is 0 Å². The van der Waals surface area contributed by atoms with Gasteiger partial charge in [-0.15, -0.1) is 0 Å². The summed E-state index contributed by atoms with van der Waals surface area (Å²) in [6.07, 6.45) is 3.65. The summed E-state index contributed by atoms with van der Waals surface area (Å²) in [5.74, 6) is 0.0239. The SMILES string of the molecule is CCCCC(CC)(C(=O)OCC(C)C)C(CC)(C(=O)OCC(C)C)C(C)C. The van der Waals surface area contributed by atoms with E-state index in [-0.39, 0.29) is 29.7 Å². The first-order chi connectivity index (χ1) is 12.5. The van der Waals surface area contributed by atoms with Crippen LogP contribution in [0.1, 0.15) is 94.4 Å². The van der Waals surface area contributed by atoms with Crippen molar-refractivity contribution in [3.63, 3.8) is 0 Å². The molecule has 0 aromatic carbocycles. The molecule has 4 nitrogen and oxygen atoms in total. The zero-order valence-electron chi connectivity index (χ0n) is 19.3. The van der Waals surface area contributed by atoms with Gasteiger partial charge in [-0.1, -0.05) is 75.2 Å². The Morgan fingerprint density at radius 3 is 1.59 bits per heavy atom.